The highest BCUT2D eigenvalue weighted by atomic mass is 19.4. The first-order valence-electron chi connectivity index (χ1n) is 5.34. The highest BCUT2D eigenvalue weighted by Crippen LogP contribution is 2.16. The second kappa shape index (κ2) is 6.42. The van der Waals surface area contributed by atoms with Crippen LogP contribution in [0.1, 0.15) is 26.2 Å². The number of alkyl halides is 3. The molecule has 0 aromatic heterocycles. The van der Waals surface area contributed by atoms with Crippen molar-refractivity contribution < 1.29 is 18.3 Å². The van der Waals surface area contributed by atoms with Crippen LogP contribution in [0.25, 0.3) is 0 Å². The Bertz CT molecular complexity index is 195. The molecule has 0 amide bonds. The maximum absolute atomic E-state index is 12.0. The lowest BCUT2D eigenvalue weighted by molar-refractivity contribution is -0.143. The van der Waals surface area contributed by atoms with Gasteiger partial charge in [0.05, 0.1) is 12.1 Å². The van der Waals surface area contributed by atoms with Gasteiger partial charge in [-0.15, -0.1) is 0 Å². The van der Waals surface area contributed by atoms with Gasteiger partial charge in [0.1, 0.15) is 0 Å². The Morgan fingerprint density at radius 3 is 2.25 bits per heavy atom. The lowest BCUT2D eigenvalue weighted by atomic mass is 9.99. The third kappa shape index (κ3) is 8.94. The summed E-state index contributed by atoms with van der Waals surface area (Å²) in [7, 11) is 1.44. The summed E-state index contributed by atoms with van der Waals surface area (Å²) in [5, 5.41) is 9.56. The molecular formula is C10H21F3N2O. The average molecular weight is 242 g/mol. The van der Waals surface area contributed by atoms with Crippen LogP contribution in [0.4, 0.5) is 13.2 Å². The monoisotopic (exact) mass is 242 g/mol. The molecule has 0 fully saturated rings. The number of aliphatic hydroxyl groups is 1. The molecule has 0 saturated carbocycles. The number of nitrogens with two attached hydrogens (primary N) is 1. The Kier molecular flexibility index (Phi) is 6.28. The Morgan fingerprint density at radius 2 is 1.81 bits per heavy atom. The van der Waals surface area contributed by atoms with Gasteiger partial charge in [-0.1, -0.05) is 0 Å². The minimum Gasteiger partial charge on any atom is -0.389 e. The third-order valence-electron chi connectivity index (χ3n) is 2.39. The van der Waals surface area contributed by atoms with Crippen LogP contribution in [0.2, 0.25) is 0 Å². The van der Waals surface area contributed by atoms with E-state index in [2.05, 4.69) is 0 Å². The van der Waals surface area contributed by atoms with Gasteiger partial charge in [-0.05, 0) is 39.8 Å². The largest absolute Gasteiger partial charge is 0.401 e. The topological polar surface area (TPSA) is 49.5 Å². The van der Waals surface area contributed by atoms with Crippen molar-refractivity contribution in [3.05, 3.63) is 0 Å². The molecule has 0 saturated heterocycles. The first kappa shape index (κ1) is 15.7. The van der Waals surface area contributed by atoms with Gasteiger partial charge in [-0.25, -0.2) is 0 Å². The normalized spacial score (nSPS) is 16.5. The zero-order valence-electron chi connectivity index (χ0n) is 9.85. The summed E-state index contributed by atoms with van der Waals surface area (Å²) >= 11 is 0. The first-order chi connectivity index (χ1) is 7.16. The third-order valence-corrected chi connectivity index (χ3v) is 2.39. The number of hydrogen-bond acceptors (Lipinski definition) is 3. The molecule has 0 rings (SSSR count). The molecule has 3 nitrogen and oxygen atoms in total. The Labute approximate surface area is 94.4 Å². The minimum atomic E-state index is -4.14. The molecule has 0 spiro atoms. The zero-order chi connectivity index (χ0) is 12.8. The van der Waals surface area contributed by atoms with E-state index in [4.69, 9.17) is 5.73 Å². The van der Waals surface area contributed by atoms with Crippen LogP contribution in [-0.4, -0.2) is 48.5 Å². The molecule has 0 aliphatic carbocycles. The molecule has 98 valence electrons. The summed E-state index contributed by atoms with van der Waals surface area (Å²) in [6, 6.07) is 0. The van der Waals surface area contributed by atoms with E-state index < -0.39 is 18.3 Å². The molecule has 16 heavy (non-hydrogen) atoms. The molecule has 0 aliphatic rings. The van der Waals surface area contributed by atoms with E-state index in [1.165, 1.54) is 11.9 Å². The Balaban J connectivity index is 3.60. The van der Waals surface area contributed by atoms with Gasteiger partial charge in [0.25, 0.3) is 0 Å². The van der Waals surface area contributed by atoms with E-state index in [-0.39, 0.29) is 6.54 Å². The van der Waals surface area contributed by atoms with Gasteiger partial charge in [0.15, 0.2) is 0 Å². The summed E-state index contributed by atoms with van der Waals surface area (Å²) in [4.78, 5) is 1.23. The predicted molar refractivity (Wildman–Crippen MR) is 57.1 cm³/mol. The molecule has 0 aromatic rings. The lowest BCUT2D eigenvalue weighted by Gasteiger charge is -2.22. The second-order valence-electron chi connectivity index (χ2n) is 4.51. The summed E-state index contributed by atoms with van der Waals surface area (Å²) in [6.07, 6.45) is -2.32. The van der Waals surface area contributed by atoms with Crippen molar-refractivity contribution >= 4 is 0 Å². The zero-order valence-corrected chi connectivity index (χ0v) is 9.85. The van der Waals surface area contributed by atoms with Crippen molar-refractivity contribution in [2.45, 2.75) is 38.0 Å². The molecule has 0 bridgehead atoms. The molecule has 1 unspecified atom stereocenters. The number of unbranched alkanes of at least 4 members (excludes halogenated alkanes) is 1. The predicted octanol–water partition coefficient (Wildman–Crippen LogP) is 1.36. The summed E-state index contributed by atoms with van der Waals surface area (Å²) < 4.78 is 35.9. The molecule has 0 radical (unpaired) electrons. The van der Waals surface area contributed by atoms with Crippen molar-refractivity contribution in [2.24, 2.45) is 5.73 Å². The van der Waals surface area contributed by atoms with Crippen molar-refractivity contribution in [2.75, 3.05) is 26.7 Å². The van der Waals surface area contributed by atoms with Gasteiger partial charge in [0, 0.05) is 6.54 Å². The number of hydrogen-bond donors (Lipinski definition) is 2. The molecule has 0 aliphatic heterocycles. The van der Waals surface area contributed by atoms with Gasteiger partial charge in [-0.3, -0.25) is 4.90 Å². The molecule has 1 atom stereocenters. The van der Waals surface area contributed by atoms with Gasteiger partial charge < -0.3 is 10.8 Å². The number of nitrogens with zero attached hydrogens (tertiary/aromatic N) is 1. The summed E-state index contributed by atoms with van der Waals surface area (Å²) in [5.41, 5.74) is 4.42. The minimum absolute atomic E-state index is 0.172. The SMILES string of the molecule is CN(CCCCC(C)(O)CN)CC(F)(F)F. The van der Waals surface area contributed by atoms with E-state index in [0.29, 0.717) is 25.8 Å². The lowest BCUT2D eigenvalue weighted by Crippen LogP contribution is -2.34. The Hall–Kier alpha value is -0.330. The van der Waals surface area contributed by atoms with Crippen LogP contribution in [0.5, 0.6) is 0 Å². The Morgan fingerprint density at radius 1 is 1.25 bits per heavy atom. The van der Waals surface area contributed by atoms with Gasteiger partial charge in [-0.2, -0.15) is 13.2 Å². The van der Waals surface area contributed by atoms with E-state index >= 15 is 0 Å². The standard InChI is InChI=1S/C10H21F3N2O/c1-9(16,7-14)5-3-4-6-15(2)8-10(11,12)13/h16H,3-8,14H2,1-2H3. The van der Waals surface area contributed by atoms with Crippen LogP contribution in [0, 0.1) is 0 Å². The van der Waals surface area contributed by atoms with Crippen LogP contribution < -0.4 is 5.73 Å². The first-order valence-corrected chi connectivity index (χ1v) is 5.34. The molecule has 6 heteroatoms. The van der Waals surface area contributed by atoms with Crippen LogP contribution in [0.3, 0.4) is 0 Å². The molecule has 0 heterocycles. The fraction of sp³-hybridized carbons (Fsp3) is 1.00. The van der Waals surface area contributed by atoms with Crippen LogP contribution in [-0.2, 0) is 0 Å². The van der Waals surface area contributed by atoms with Crippen LogP contribution in [0.15, 0.2) is 0 Å². The van der Waals surface area contributed by atoms with Crippen LogP contribution >= 0.6 is 0 Å². The van der Waals surface area contributed by atoms with E-state index in [0.717, 1.165) is 0 Å². The quantitative estimate of drug-likeness (QED) is 0.663. The van der Waals surface area contributed by atoms with Crippen molar-refractivity contribution in [3.8, 4) is 0 Å². The molecular weight excluding hydrogens is 221 g/mol. The highest BCUT2D eigenvalue weighted by Gasteiger charge is 2.28. The van der Waals surface area contributed by atoms with Crippen molar-refractivity contribution in [3.63, 3.8) is 0 Å². The summed E-state index contributed by atoms with van der Waals surface area (Å²) in [6.45, 7) is 1.29. The van der Waals surface area contributed by atoms with E-state index in [1.54, 1.807) is 6.92 Å². The second-order valence-corrected chi connectivity index (χ2v) is 4.51. The fourth-order valence-corrected chi connectivity index (χ4v) is 1.37. The van der Waals surface area contributed by atoms with E-state index in [1.807, 2.05) is 0 Å². The fourth-order valence-electron chi connectivity index (χ4n) is 1.37. The van der Waals surface area contributed by atoms with Crippen molar-refractivity contribution in [1.29, 1.82) is 0 Å². The summed E-state index contributed by atoms with van der Waals surface area (Å²) in [5.74, 6) is 0. The van der Waals surface area contributed by atoms with E-state index in [9.17, 15) is 18.3 Å². The highest BCUT2D eigenvalue weighted by molar-refractivity contribution is 4.73. The molecule has 0 aromatic carbocycles. The maximum atomic E-state index is 12.0. The number of halogens is 3. The molecule has 3 N–H and O–H groups in total. The average Bonchev–Trinajstić information content (AvgIpc) is 2.10. The maximum Gasteiger partial charge on any atom is 0.401 e. The number of rotatable bonds is 7. The van der Waals surface area contributed by atoms with Gasteiger partial charge in [0.2, 0.25) is 0 Å². The smallest absolute Gasteiger partial charge is 0.389 e. The van der Waals surface area contributed by atoms with Gasteiger partial charge >= 0.3 is 6.18 Å². The van der Waals surface area contributed by atoms with Crippen molar-refractivity contribution in [1.82, 2.24) is 4.90 Å².